The Morgan fingerprint density at radius 3 is 2.78 bits per heavy atom. The van der Waals surface area contributed by atoms with E-state index >= 15 is 0 Å². The maximum atomic E-state index is 12.3. The summed E-state index contributed by atoms with van der Waals surface area (Å²) in [6, 6.07) is 6.87. The molecule has 8 heteroatoms. The molecule has 0 aliphatic carbocycles. The van der Waals surface area contributed by atoms with Gasteiger partial charge in [-0.1, -0.05) is 12.1 Å². The standard InChI is InChI=1S/C15H16F3NO4/c1-22-12-4-2-3-10(5-12)8-23-14(21)11-6-13(20)19(7-11)9-15(16,17)18/h2-5,11H,6-9H2,1H3/t11-/m1/s1. The highest BCUT2D eigenvalue weighted by Crippen LogP contribution is 2.25. The van der Waals surface area contributed by atoms with Crippen LogP contribution in [0.25, 0.3) is 0 Å². The van der Waals surface area contributed by atoms with Crippen LogP contribution in [0.15, 0.2) is 24.3 Å². The number of rotatable bonds is 5. The van der Waals surface area contributed by atoms with Gasteiger partial charge in [0.1, 0.15) is 18.9 Å². The first-order valence-corrected chi connectivity index (χ1v) is 6.92. The molecule has 1 saturated heterocycles. The molecular formula is C15H16F3NO4. The zero-order valence-electron chi connectivity index (χ0n) is 12.4. The van der Waals surface area contributed by atoms with Gasteiger partial charge in [-0.2, -0.15) is 13.2 Å². The number of benzene rings is 1. The van der Waals surface area contributed by atoms with Crippen LogP contribution in [0.4, 0.5) is 13.2 Å². The van der Waals surface area contributed by atoms with Gasteiger partial charge in [0.2, 0.25) is 5.91 Å². The summed E-state index contributed by atoms with van der Waals surface area (Å²) < 4.78 is 47.1. The van der Waals surface area contributed by atoms with E-state index in [1.165, 1.54) is 7.11 Å². The lowest BCUT2D eigenvalue weighted by atomic mass is 10.1. The molecule has 0 radical (unpaired) electrons. The Balaban J connectivity index is 1.88. The van der Waals surface area contributed by atoms with Crippen LogP contribution in [-0.4, -0.2) is 43.2 Å². The Morgan fingerprint density at radius 2 is 2.13 bits per heavy atom. The topological polar surface area (TPSA) is 55.8 Å². The third kappa shape index (κ3) is 4.87. The van der Waals surface area contributed by atoms with Crippen molar-refractivity contribution >= 4 is 11.9 Å². The van der Waals surface area contributed by atoms with Crippen molar-refractivity contribution in [3.8, 4) is 5.75 Å². The fourth-order valence-corrected chi connectivity index (χ4v) is 2.33. The van der Waals surface area contributed by atoms with E-state index in [-0.39, 0.29) is 19.6 Å². The molecule has 1 aromatic carbocycles. The number of esters is 1. The van der Waals surface area contributed by atoms with Crippen LogP contribution in [0, 0.1) is 5.92 Å². The van der Waals surface area contributed by atoms with Crippen molar-refractivity contribution in [2.75, 3.05) is 20.2 Å². The molecule has 1 aliphatic heterocycles. The minimum absolute atomic E-state index is 0.0278. The smallest absolute Gasteiger partial charge is 0.406 e. The number of amides is 1. The van der Waals surface area contributed by atoms with E-state index in [4.69, 9.17) is 9.47 Å². The first-order chi connectivity index (χ1) is 10.8. The number of ether oxygens (including phenoxy) is 2. The molecular weight excluding hydrogens is 315 g/mol. The first kappa shape index (κ1) is 17.1. The summed E-state index contributed by atoms with van der Waals surface area (Å²) in [7, 11) is 1.50. The lowest BCUT2D eigenvalue weighted by Crippen LogP contribution is -2.35. The van der Waals surface area contributed by atoms with E-state index < -0.39 is 30.5 Å². The number of likely N-dealkylation sites (tertiary alicyclic amines) is 1. The number of hydrogen-bond acceptors (Lipinski definition) is 4. The maximum Gasteiger partial charge on any atom is 0.406 e. The van der Waals surface area contributed by atoms with Crippen molar-refractivity contribution in [3.05, 3.63) is 29.8 Å². The number of alkyl halides is 3. The predicted octanol–water partition coefficient (Wildman–Crippen LogP) is 2.15. The van der Waals surface area contributed by atoms with Crippen LogP contribution in [0.1, 0.15) is 12.0 Å². The van der Waals surface area contributed by atoms with Gasteiger partial charge in [-0.25, -0.2) is 0 Å². The minimum atomic E-state index is -4.48. The summed E-state index contributed by atoms with van der Waals surface area (Å²) in [5.74, 6) is -1.63. The van der Waals surface area contributed by atoms with Gasteiger partial charge in [-0.15, -0.1) is 0 Å². The maximum absolute atomic E-state index is 12.3. The van der Waals surface area contributed by atoms with Crippen LogP contribution in [0.3, 0.4) is 0 Å². The molecule has 23 heavy (non-hydrogen) atoms. The Labute approximate surface area is 131 Å². The summed E-state index contributed by atoms with van der Waals surface area (Å²) in [5, 5.41) is 0. The molecule has 5 nitrogen and oxygen atoms in total. The average Bonchev–Trinajstić information content (AvgIpc) is 2.84. The van der Waals surface area contributed by atoms with Crippen LogP contribution in [0.5, 0.6) is 5.75 Å². The number of hydrogen-bond donors (Lipinski definition) is 0. The van der Waals surface area contributed by atoms with Gasteiger partial charge >= 0.3 is 12.1 Å². The second kappa shape index (κ2) is 6.89. The highest BCUT2D eigenvalue weighted by Gasteiger charge is 2.41. The SMILES string of the molecule is COc1cccc(COC(=O)[C@@H]2CC(=O)N(CC(F)(F)F)C2)c1. The number of nitrogens with zero attached hydrogens (tertiary/aromatic N) is 1. The molecule has 126 valence electrons. The monoisotopic (exact) mass is 331 g/mol. The van der Waals surface area contributed by atoms with Crippen molar-refractivity contribution in [1.82, 2.24) is 4.90 Å². The van der Waals surface area contributed by atoms with E-state index in [0.29, 0.717) is 16.2 Å². The van der Waals surface area contributed by atoms with Crippen molar-refractivity contribution in [1.29, 1.82) is 0 Å². The van der Waals surface area contributed by atoms with Gasteiger partial charge in [0, 0.05) is 13.0 Å². The van der Waals surface area contributed by atoms with Crippen molar-refractivity contribution < 1.29 is 32.2 Å². The van der Waals surface area contributed by atoms with Gasteiger partial charge in [-0.05, 0) is 17.7 Å². The molecule has 0 N–H and O–H groups in total. The Kier molecular flexibility index (Phi) is 5.12. The zero-order chi connectivity index (χ0) is 17.0. The van der Waals surface area contributed by atoms with E-state index in [0.717, 1.165) is 0 Å². The highest BCUT2D eigenvalue weighted by molar-refractivity contribution is 5.86. The molecule has 0 aromatic heterocycles. The lowest BCUT2D eigenvalue weighted by molar-refractivity contribution is -0.158. The molecule has 1 aromatic rings. The Hall–Kier alpha value is -2.25. The first-order valence-electron chi connectivity index (χ1n) is 6.92. The van der Waals surface area contributed by atoms with E-state index in [9.17, 15) is 22.8 Å². The average molecular weight is 331 g/mol. The molecule has 1 aliphatic rings. The number of methoxy groups -OCH3 is 1. The lowest BCUT2D eigenvalue weighted by Gasteiger charge is -2.18. The number of carbonyl (C=O) groups is 2. The molecule has 0 bridgehead atoms. The van der Waals surface area contributed by atoms with Gasteiger partial charge in [0.15, 0.2) is 0 Å². The van der Waals surface area contributed by atoms with E-state index in [1.54, 1.807) is 24.3 Å². The third-order valence-electron chi connectivity index (χ3n) is 3.43. The summed E-state index contributed by atoms with van der Waals surface area (Å²) >= 11 is 0. The largest absolute Gasteiger partial charge is 0.497 e. The molecule has 1 atom stereocenters. The normalized spacial score (nSPS) is 18.2. The van der Waals surface area contributed by atoms with Crippen molar-refractivity contribution in [3.63, 3.8) is 0 Å². The summed E-state index contributed by atoms with van der Waals surface area (Å²) in [4.78, 5) is 24.1. The van der Waals surface area contributed by atoms with Gasteiger partial charge in [-0.3, -0.25) is 9.59 Å². The van der Waals surface area contributed by atoms with Crippen molar-refractivity contribution in [2.24, 2.45) is 5.92 Å². The van der Waals surface area contributed by atoms with E-state index in [2.05, 4.69) is 0 Å². The molecule has 1 fully saturated rings. The fraction of sp³-hybridized carbons (Fsp3) is 0.467. The zero-order valence-corrected chi connectivity index (χ0v) is 12.4. The van der Waals surface area contributed by atoms with E-state index in [1.807, 2.05) is 0 Å². The van der Waals surface area contributed by atoms with Crippen LogP contribution >= 0.6 is 0 Å². The number of halogens is 3. The second-order valence-corrected chi connectivity index (χ2v) is 5.25. The molecule has 2 rings (SSSR count). The molecule has 1 heterocycles. The summed E-state index contributed by atoms with van der Waals surface area (Å²) in [6.07, 6.45) is -4.73. The van der Waals surface area contributed by atoms with Crippen LogP contribution in [-0.2, 0) is 20.9 Å². The summed E-state index contributed by atoms with van der Waals surface area (Å²) in [5.41, 5.74) is 0.689. The molecule has 0 unspecified atom stereocenters. The molecule has 1 amide bonds. The fourth-order valence-electron chi connectivity index (χ4n) is 2.33. The minimum Gasteiger partial charge on any atom is -0.497 e. The quantitative estimate of drug-likeness (QED) is 0.776. The highest BCUT2D eigenvalue weighted by atomic mass is 19.4. The molecule has 0 saturated carbocycles. The Morgan fingerprint density at radius 1 is 1.39 bits per heavy atom. The van der Waals surface area contributed by atoms with Gasteiger partial charge < -0.3 is 14.4 Å². The van der Waals surface area contributed by atoms with Crippen LogP contribution in [0.2, 0.25) is 0 Å². The van der Waals surface area contributed by atoms with Gasteiger partial charge in [0.25, 0.3) is 0 Å². The molecule has 0 spiro atoms. The van der Waals surface area contributed by atoms with Crippen LogP contribution < -0.4 is 4.74 Å². The number of carbonyl (C=O) groups excluding carboxylic acids is 2. The summed E-state index contributed by atoms with van der Waals surface area (Å²) in [6.45, 7) is -1.64. The third-order valence-corrected chi connectivity index (χ3v) is 3.43. The Bertz CT molecular complexity index is 588. The second-order valence-electron chi connectivity index (χ2n) is 5.25. The van der Waals surface area contributed by atoms with Crippen molar-refractivity contribution in [2.45, 2.75) is 19.2 Å². The predicted molar refractivity (Wildman–Crippen MR) is 73.5 cm³/mol. The van der Waals surface area contributed by atoms with Gasteiger partial charge in [0.05, 0.1) is 13.0 Å².